The van der Waals surface area contributed by atoms with E-state index in [9.17, 15) is 4.79 Å². The maximum absolute atomic E-state index is 12.4. The van der Waals surface area contributed by atoms with Crippen molar-refractivity contribution in [3.63, 3.8) is 0 Å². The van der Waals surface area contributed by atoms with Gasteiger partial charge in [0.1, 0.15) is 0 Å². The van der Waals surface area contributed by atoms with Crippen molar-refractivity contribution >= 4 is 28.8 Å². The summed E-state index contributed by atoms with van der Waals surface area (Å²) in [4.78, 5) is 13.0. The number of amides is 1. The zero-order valence-electron chi connectivity index (χ0n) is 14.7. The van der Waals surface area contributed by atoms with Crippen LogP contribution in [-0.2, 0) is 0 Å². The predicted molar refractivity (Wildman–Crippen MR) is 114 cm³/mol. The zero-order chi connectivity index (χ0) is 19.3. The number of carbonyl (C=O) groups is 1. The highest BCUT2D eigenvalue weighted by Gasteiger charge is 2.11. The lowest BCUT2D eigenvalue weighted by molar-refractivity contribution is 0.0953. The summed E-state index contributed by atoms with van der Waals surface area (Å²) in [6, 6.07) is 26.6. The molecule has 0 radical (unpaired) electrons. The van der Waals surface area contributed by atoms with E-state index in [4.69, 9.17) is 11.6 Å². The van der Waals surface area contributed by atoms with E-state index in [-0.39, 0.29) is 5.91 Å². The van der Waals surface area contributed by atoms with Gasteiger partial charge in [0.25, 0.3) is 5.91 Å². The van der Waals surface area contributed by atoms with E-state index < -0.39 is 0 Å². The molecule has 1 N–H and O–H groups in total. The highest BCUT2D eigenvalue weighted by Crippen LogP contribution is 2.24. The number of nitrogens with one attached hydrogen (secondary N) is 1. The highest BCUT2D eigenvalue weighted by molar-refractivity contribution is 7.07. The number of aromatic nitrogens is 1. The smallest absolute Gasteiger partial charge is 0.271 e. The molecule has 6 heteroatoms. The second kappa shape index (κ2) is 8.25. The van der Waals surface area contributed by atoms with Crippen LogP contribution < -0.4 is 10.2 Å². The minimum absolute atomic E-state index is 0.248. The van der Waals surface area contributed by atoms with Crippen LogP contribution >= 0.6 is 22.9 Å². The van der Waals surface area contributed by atoms with Gasteiger partial charge in [0.15, 0.2) is 0 Å². The van der Waals surface area contributed by atoms with Crippen LogP contribution in [0, 0.1) is 0 Å². The first-order chi connectivity index (χ1) is 13.7. The second-order valence-corrected chi connectivity index (χ2v) is 7.27. The monoisotopic (exact) mass is 405 g/mol. The van der Waals surface area contributed by atoms with E-state index in [1.54, 1.807) is 12.1 Å². The van der Waals surface area contributed by atoms with Gasteiger partial charge in [0, 0.05) is 21.7 Å². The van der Waals surface area contributed by atoms with Gasteiger partial charge in [-0.1, -0.05) is 60.1 Å². The number of benzene rings is 3. The van der Waals surface area contributed by atoms with Crippen molar-refractivity contribution < 1.29 is 4.79 Å². The molecule has 1 aromatic heterocycles. The van der Waals surface area contributed by atoms with Crippen LogP contribution in [0.2, 0.25) is 5.02 Å². The van der Waals surface area contributed by atoms with Crippen LogP contribution in [-0.4, -0.2) is 10.5 Å². The maximum atomic E-state index is 12.4. The molecule has 138 valence electrons. The lowest BCUT2D eigenvalue weighted by Crippen LogP contribution is -2.24. The Morgan fingerprint density at radius 2 is 1.54 bits per heavy atom. The van der Waals surface area contributed by atoms with Crippen molar-refractivity contribution in [1.82, 2.24) is 9.99 Å². The van der Waals surface area contributed by atoms with Crippen LogP contribution in [0.4, 0.5) is 0 Å². The summed E-state index contributed by atoms with van der Waals surface area (Å²) < 4.78 is 2.01. The third kappa shape index (κ3) is 3.91. The van der Waals surface area contributed by atoms with Crippen LogP contribution in [0.3, 0.4) is 0 Å². The van der Waals surface area contributed by atoms with Gasteiger partial charge in [0.2, 0.25) is 4.80 Å². The first-order valence-corrected chi connectivity index (χ1v) is 9.89. The minimum atomic E-state index is -0.248. The molecule has 28 heavy (non-hydrogen) atoms. The predicted octanol–water partition coefficient (Wildman–Crippen LogP) is 5.10. The van der Waals surface area contributed by atoms with Gasteiger partial charge in [-0.2, -0.15) is 0 Å². The van der Waals surface area contributed by atoms with Crippen molar-refractivity contribution in [1.29, 1.82) is 0 Å². The molecule has 0 atom stereocenters. The van der Waals surface area contributed by atoms with Crippen molar-refractivity contribution in [2.24, 2.45) is 5.10 Å². The Labute approximate surface area is 171 Å². The van der Waals surface area contributed by atoms with E-state index in [0.29, 0.717) is 15.4 Å². The summed E-state index contributed by atoms with van der Waals surface area (Å²) in [5.74, 6) is -0.248. The van der Waals surface area contributed by atoms with Gasteiger partial charge in [-0.25, -0.2) is 5.43 Å². The normalized spacial score (nSPS) is 11.4. The largest absolute Gasteiger partial charge is 0.284 e. The quantitative estimate of drug-likeness (QED) is 0.471. The first kappa shape index (κ1) is 18.2. The van der Waals surface area contributed by atoms with Crippen molar-refractivity contribution in [2.45, 2.75) is 0 Å². The lowest BCUT2D eigenvalue weighted by atomic mass is 10.1. The van der Waals surface area contributed by atoms with E-state index >= 15 is 0 Å². The fourth-order valence-electron chi connectivity index (χ4n) is 2.79. The molecule has 0 aliphatic carbocycles. The first-order valence-electron chi connectivity index (χ1n) is 8.63. The van der Waals surface area contributed by atoms with Crippen molar-refractivity contribution in [3.05, 3.63) is 106 Å². The topological polar surface area (TPSA) is 46.4 Å². The number of thiazole rings is 1. The zero-order valence-corrected chi connectivity index (χ0v) is 16.3. The fraction of sp³-hybridized carbons (Fsp3) is 0. The van der Waals surface area contributed by atoms with Gasteiger partial charge in [-0.05, 0) is 42.0 Å². The number of rotatable bonds is 4. The molecule has 0 aliphatic rings. The Kier molecular flexibility index (Phi) is 5.37. The molecular weight excluding hydrogens is 390 g/mol. The third-order valence-electron chi connectivity index (χ3n) is 4.15. The van der Waals surface area contributed by atoms with Crippen LogP contribution in [0.25, 0.3) is 16.9 Å². The molecule has 4 aromatic rings. The van der Waals surface area contributed by atoms with Crippen LogP contribution in [0.15, 0.2) is 95.4 Å². The fourth-order valence-corrected chi connectivity index (χ4v) is 3.78. The van der Waals surface area contributed by atoms with E-state index in [1.165, 1.54) is 11.3 Å². The summed E-state index contributed by atoms with van der Waals surface area (Å²) in [6.07, 6.45) is 0. The molecule has 0 saturated carbocycles. The average Bonchev–Trinajstić information content (AvgIpc) is 3.17. The lowest BCUT2D eigenvalue weighted by Gasteiger charge is -2.09. The third-order valence-corrected chi connectivity index (χ3v) is 5.23. The maximum Gasteiger partial charge on any atom is 0.271 e. The van der Waals surface area contributed by atoms with Gasteiger partial charge >= 0.3 is 0 Å². The Hall–Kier alpha value is -3.15. The van der Waals surface area contributed by atoms with Gasteiger partial charge in [-0.15, -0.1) is 16.4 Å². The van der Waals surface area contributed by atoms with Crippen LogP contribution in [0.5, 0.6) is 0 Å². The standard InChI is InChI=1S/C22H16ClN3OS/c23-18-13-11-16(12-14-18)20-15-28-22(26(20)19-9-5-2-6-10-19)25-24-21(27)17-7-3-1-4-8-17/h1-15H,(H,24,27). The average molecular weight is 406 g/mol. The number of para-hydroxylation sites is 1. The second-order valence-electron chi connectivity index (χ2n) is 6.00. The van der Waals surface area contributed by atoms with Gasteiger partial charge in [-0.3, -0.25) is 9.36 Å². The Morgan fingerprint density at radius 3 is 2.21 bits per heavy atom. The molecule has 4 nitrogen and oxygen atoms in total. The summed E-state index contributed by atoms with van der Waals surface area (Å²) in [6.45, 7) is 0. The SMILES string of the molecule is O=C(NN=c1scc(-c2ccc(Cl)cc2)n1-c1ccccc1)c1ccccc1. The molecule has 0 saturated heterocycles. The number of nitrogens with zero attached hydrogens (tertiary/aromatic N) is 2. The van der Waals surface area contributed by atoms with E-state index in [2.05, 4.69) is 10.5 Å². The van der Waals surface area contributed by atoms with Gasteiger partial charge in [0.05, 0.1) is 5.69 Å². The van der Waals surface area contributed by atoms with E-state index in [0.717, 1.165) is 16.9 Å². The van der Waals surface area contributed by atoms with Crippen molar-refractivity contribution in [3.8, 4) is 16.9 Å². The molecular formula is C22H16ClN3OS. The highest BCUT2D eigenvalue weighted by atomic mass is 35.5. The molecule has 0 spiro atoms. The Balaban J connectivity index is 1.77. The number of carbonyl (C=O) groups excluding carboxylic acids is 1. The van der Waals surface area contributed by atoms with Crippen molar-refractivity contribution in [2.75, 3.05) is 0 Å². The molecule has 1 heterocycles. The Morgan fingerprint density at radius 1 is 0.893 bits per heavy atom. The minimum Gasteiger partial charge on any atom is -0.284 e. The molecule has 0 bridgehead atoms. The summed E-state index contributed by atoms with van der Waals surface area (Å²) in [5.41, 5.74) is 6.16. The molecule has 0 fully saturated rings. The summed E-state index contributed by atoms with van der Waals surface area (Å²) in [5, 5.41) is 7.08. The summed E-state index contributed by atoms with van der Waals surface area (Å²) in [7, 11) is 0. The Bertz CT molecular complexity index is 1150. The molecule has 1 amide bonds. The summed E-state index contributed by atoms with van der Waals surface area (Å²) >= 11 is 7.49. The molecule has 4 rings (SSSR count). The molecule has 3 aromatic carbocycles. The molecule has 0 unspecified atom stereocenters. The number of hydrogen-bond donors (Lipinski definition) is 1. The van der Waals surface area contributed by atoms with Gasteiger partial charge < -0.3 is 0 Å². The van der Waals surface area contributed by atoms with E-state index in [1.807, 2.05) is 82.7 Å². The molecule has 0 aliphatic heterocycles. The number of hydrogen-bond acceptors (Lipinski definition) is 3. The number of halogens is 1. The van der Waals surface area contributed by atoms with Crippen LogP contribution in [0.1, 0.15) is 10.4 Å².